The highest BCUT2D eigenvalue weighted by molar-refractivity contribution is 5.77. The van der Waals surface area contributed by atoms with Crippen molar-refractivity contribution >= 4 is 5.91 Å². The molecule has 0 aromatic heterocycles. The van der Waals surface area contributed by atoms with E-state index in [2.05, 4.69) is 10.2 Å². The number of carbonyl (C=O) groups excluding carboxylic acids is 1. The van der Waals surface area contributed by atoms with Gasteiger partial charge in [-0.2, -0.15) is 13.2 Å². The Balaban J connectivity index is 1.92. The number of benzene rings is 1. The molecule has 1 aliphatic heterocycles. The molecule has 0 radical (unpaired) electrons. The van der Waals surface area contributed by atoms with E-state index < -0.39 is 11.7 Å². The van der Waals surface area contributed by atoms with Crippen LogP contribution in [0.2, 0.25) is 0 Å². The van der Waals surface area contributed by atoms with Gasteiger partial charge in [-0.1, -0.05) is 18.2 Å². The average molecular weight is 328 g/mol. The van der Waals surface area contributed by atoms with Crippen LogP contribution in [0.1, 0.15) is 30.4 Å². The molecule has 1 atom stereocenters. The van der Waals surface area contributed by atoms with Crippen LogP contribution in [0, 0.1) is 5.92 Å². The highest BCUT2D eigenvalue weighted by atomic mass is 19.4. The Morgan fingerprint density at radius 1 is 1.35 bits per heavy atom. The maximum absolute atomic E-state index is 13.0. The van der Waals surface area contributed by atoms with Crippen molar-refractivity contribution < 1.29 is 18.0 Å². The summed E-state index contributed by atoms with van der Waals surface area (Å²) in [7, 11) is 1.61. The number of rotatable bonds is 5. The van der Waals surface area contributed by atoms with Crippen molar-refractivity contribution in [2.24, 2.45) is 5.92 Å². The monoisotopic (exact) mass is 328 g/mol. The number of likely N-dealkylation sites (tertiary alicyclic amines) is 1. The van der Waals surface area contributed by atoms with Gasteiger partial charge in [0.25, 0.3) is 0 Å². The smallest absolute Gasteiger partial charge is 0.358 e. The summed E-state index contributed by atoms with van der Waals surface area (Å²) < 4.78 is 39.0. The quantitative estimate of drug-likeness (QED) is 0.901. The molecule has 1 aliphatic rings. The van der Waals surface area contributed by atoms with Gasteiger partial charge < -0.3 is 5.32 Å². The fraction of sp³-hybridized carbons (Fsp3) is 0.588. The van der Waals surface area contributed by atoms with Crippen LogP contribution in [-0.2, 0) is 17.4 Å². The highest BCUT2D eigenvalue weighted by Crippen LogP contribution is 2.33. The molecule has 1 aromatic rings. The highest BCUT2D eigenvalue weighted by Gasteiger charge is 2.33. The number of amides is 1. The molecule has 128 valence electrons. The molecule has 2 rings (SSSR count). The second-order valence-corrected chi connectivity index (χ2v) is 6.11. The minimum atomic E-state index is -4.30. The van der Waals surface area contributed by atoms with Gasteiger partial charge in [0.2, 0.25) is 5.91 Å². The topological polar surface area (TPSA) is 32.3 Å². The first-order chi connectivity index (χ1) is 10.9. The van der Waals surface area contributed by atoms with Crippen LogP contribution < -0.4 is 5.32 Å². The van der Waals surface area contributed by atoms with Crippen LogP contribution >= 0.6 is 0 Å². The normalized spacial score (nSPS) is 19.6. The SMILES string of the molecule is CNC(=O)CN1CCCC(CCc2ccccc2C(F)(F)F)C1. The van der Waals surface area contributed by atoms with E-state index in [1.807, 2.05) is 0 Å². The van der Waals surface area contributed by atoms with Crippen LogP contribution in [0.25, 0.3) is 0 Å². The second kappa shape index (κ2) is 7.81. The Kier molecular flexibility index (Phi) is 6.04. The van der Waals surface area contributed by atoms with Crippen LogP contribution in [0.5, 0.6) is 0 Å². The molecule has 1 aromatic carbocycles. The van der Waals surface area contributed by atoms with E-state index in [-0.39, 0.29) is 5.91 Å². The van der Waals surface area contributed by atoms with E-state index in [0.29, 0.717) is 24.4 Å². The minimum absolute atomic E-state index is 0.0203. The van der Waals surface area contributed by atoms with Crippen LogP contribution in [0.3, 0.4) is 0 Å². The summed E-state index contributed by atoms with van der Waals surface area (Å²) in [6, 6.07) is 5.80. The Morgan fingerprint density at radius 3 is 2.78 bits per heavy atom. The number of halogens is 3. The molecule has 0 aliphatic carbocycles. The van der Waals surface area contributed by atoms with Gasteiger partial charge >= 0.3 is 6.18 Å². The number of likely N-dealkylation sites (N-methyl/N-ethyl adjacent to an activating group) is 1. The Hall–Kier alpha value is -1.56. The van der Waals surface area contributed by atoms with E-state index in [9.17, 15) is 18.0 Å². The summed E-state index contributed by atoms with van der Waals surface area (Å²) in [5.41, 5.74) is -0.165. The average Bonchev–Trinajstić information content (AvgIpc) is 2.52. The fourth-order valence-corrected chi connectivity index (χ4v) is 3.19. The van der Waals surface area contributed by atoms with Crippen molar-refractivity contribution in [1.29, 1.82) is 0 Å². The number of carbonyl (C=O) groups is 1. The van der Waals surface area contributed by atoms with Gasteiger partial charge in [0.05, 0.1) is 12.1 Å². The van der Waals surface area contributed by atoms with Crippen LogP contribution in [-0.4, -0.2) is 37.5 Å². The molecule has 0 spiro atoms. The second-order valence-electron chi connectivity index (χ2n) is 6.11. The number of hydrogen-bond acceptors (Lipinski definition) is 2. The summed E-state index contributed by atoms with van der Waals surface area (Å²) in [6.45, 7) is 2.02. The number of piperidine rings is 1. The molecule has 1 N–H and O–H groups in total. The lowest BCUT2D eigenvalue weighted by Crippen LogP contribution is -2.41. The van der Waals surface area contributed by atoms with E-state index in [1.54, 1.807) is 19.2 Å². The standard InChI is InChI=1S/C17H23F3N2O/c1-21-16(23)12-22-10-4-5-13(11-22)8-9-14-6-2-3-7-15(14)17(18,19)20/h2-3,6-7,13H,4-5,8-12H2,1H3,(H,21,23). The van der Waals surface area contributed by atoms with E-state index in [1.165, 1.54) is 6.07 Å². The molecule has 6 heteroatoms. The lowest BCUT2D eigenvalue weighted by atomic mass is 9.90. The summed E-state index contributed by atoms with van der Waals surface area (Å²) in [6.07, 6.45) is -1.15. The number of alkyl halides is 3. The number of hydrogen-bond donors (Lipinski definition) is 1. The molecular formula is C17H23F3N2O. The third-order valence-electron chi connectivity index (χ3n) is 4.39. The number of aryl methyl sites for hydroxylation is 1. The maximum Gasteiger partial charge on any atom is 0.416 e. The Bertz CT molecular complexity index is 531. The third-order valence-corrected chi connectivity index (χ3v) is 4.39. The maximum atomic E-state index is 13.0. The number of nitrogens with one attached hydrogen (secondary N) is 1. The molecular weight excluding hydrogens is 305 g/mol. The predicted octanol–water partition coefficient (Wildman–Crippen LogP) is 3.10. The first-order valence-electron chi connectivity index (χ1n) is 7.98. The van der Waals surface area contributed by atoms with Gasteiger partial charge in [0.1, 0.15) is 0 Å². The molecule has 1 amide bonds. The largest absolute Gasteiger partial charge is 0.416 e. The molecule has 23 heavy (non-hydrogen) atoms. The van der Waals surface area contributed by atoms with Crippen LogP contribution in [0.4, 0.5) is 13.2 Å². The van der Waals surface area contributed by atoms with Gasteiger partial charge in [-0.25, -0.2) is 0 Å². The number of nitrogens with zero attached hydrogens (tertiary/aromatic N) is 1. The van der Waals surface area contributed by atoms with E-state index >= 15 is 0 Å². The first kappa shape index (κ1) is 17.8. The summed E-state index contributed by atoms with van der Waals surface area (Å²) in [4.78, 5) is 13.5. The van der Waals surface area contributed by atoms with Crippen molar-refractivity contribution in [3.8, 4) is 0 Å². The lowest BCUT2D eigenvalue weighted by Gasteiger charge is -2.32. The minimum Gasteiger partial charge on any atom is -0.358 e. The molecule has 1 heterocycles. The zero-order chi connectivity index (χ0) is 16.9. The molecule has 1 saturated heterocycles. The predicted molar refractivity (Wildman–Crippen MR) is 83.0 cm³/mol. The zero-order valence-electron chi connectivity index (χ0n) is 13.3. The summed E-state index contributed by atoms with van der Waals surface area (Å²) >= 11 is 0. The van der Waals surface area contributed by atoms with E-state index in [4.69, 9.17) is 0 Å². The molecule has 1 unspecified atom stereocenters. The summed E-state index contributed by atoms with van der Waals surface area (Å²) in [5, 5.41) is 2.60. The van der Waals surface area contributed by atoms with Gasteiger partial charge in [-0.05, 0) is 49.8 Å². The Morgan fingerprint density at radius 2 is 2.09 bits per heavy atom. The van der Waals surface area contributed by atoms with Crippen LogP contribution in [0.15, 0.2) is 24.3 Å². The van der Waals surface area contributed by atoms with Gasteiger partial charge in [-0.15, -0.1) is 0 Å². The summed E-state index contributed by atoms with van der Waals surface area (Å²) in [5.74, 6) is 0.322. The molecule has 1 fully saturated rings. The Labute approximate surface area is 134 Å². The van der Waals surface area contributed by atoms with E-state index in [0.717, 1.165) is 38.4 Å². The molecule has 3 nitrogen and oxygen atoms in total. The van der Waals surface area contributed by atoms with Crippen molar-refractivity contribution in [3.63, 3.8) is 0 Å². The van der Waals surface area contributed by atoms with Gasteiger partial charge in [-0.3, -0.25) is 9.69 Å². The van der Waals surface area contributed by atoms with Gasteiger partial charge in [0, 0.05) is 13.6 Å². The van der Waals surface area contributed by atoms with Crippen molar-refractivity contribution in [1.82, 2.24) is 10.2 Å². The molecule has 0 bridgehead atoms. The first-order valence-corrected chi connectivity index (χ1v) is 7.98. The fourth-order valence-electron chi connectivity index (χ4n) is 3.19. The lowest BCUT2D eigenvalue weighted by molar-refractivity contribution is -0.138. The van der Waals surface area contributed by atoms with Gasteiger partial charge in [0.15, 0.2) is 0 Å². The zero-order valence-corrected chi connectivity index (χ0v) is 13.3. The van der Waals surface area contributed by atoms with Crippen molar-refractivity contribution in [2.45, 2.75) is 31.9 Å². The molecule has 0 saturated carbocycles. The van der Waals surface area contributed by atoms with Crippen molar-refractivity contribution in [3.05, 3.63) is 35.4 Å². The third kappa shape index (κ3) is 5.23. The van der Waals surface area contributed by atoms with Crippen molar-refractivity contribution in [2.75, 3.05) is 26.7 Å².